The van der Waals surface area contributed by atoms with Crippen LogP contribution in [0, 0.1) is 0 Å². The summed E-state index contributed by atoms with van der Waals surface area (Å²) in [5.41, 5.74) is 0. The minimum absolute atomic E-state index is 0. The maximum atomic E-state index is 4.17. The van der Waals surface area contributed by atoms with E-state index in [1.807, 2.05) is 6.08 Å². The van der Waals surface area contributed by atoms with Crippen LogP contribution in [-0.4, -0.2) is 50.6 Å². The lowest BCUT2D eigenvalue weighted by Crippen LogP contribution is -2.39. The van der Waals surface area contributed by atoms with Gasteiger partial charge in [0.15, 0.2) is 5.96 Å². The molecule has 1 saturated carbocycles. The molecule has 0 atom stereocenters. The van der Waals surface area contributed by atoms with Gasteiger partial charge in [0.25, 0.3) is 0 Å². The number of hydrogen-bond acceptors (Lipinski definition) is 2. The average Bonchev–Trinajstić information content (AvgIpc) is 2.47. The van der Waals surface area contributed by atoms with E-state index >= 15 is 0 Å². The van der Waals surface area contributed by atoms with E-state index < -0.39 is 0 Å². The van der Waals surface area contributed by atoms with Crippen molar-refractivity contribution in [1.82, 2.24) is 15.5 Å². The van der Waals surface area contributed by atoms with Crippen molar-refractivity contribution in [2.45, 2.75) is 44.6 Å². The van der Waals surface area contributed by atoms with Crippen LogP contribution in [0.3, 0.4) is 0 Å². The first kappa shape index (κ1) is 19.7. The van der Waals surface area contributed by atoms with E-state index in [-0.39, 0.29) is 24.0 Å². The Morgan fingerprint density at radius 3 is 2.60 bits per heavy atom. The summed E-state index contributed by atoms with van der Waals surface area (Å²) in [6, 6.07) is 0.812. The molecule has 0 aromatic carbocycles. The van der Waals surface area contributed by atoms with Crippen LogP contribution in [0.5, 0.6) is 0 Å². The van der Waals surface area contributed by atoms with Gasteiger partial charge in [-0.25, -0.2) is 0 Å². The van der Waals surface area contributed by atoms with Crippen LogP contribution in [0.2, 0.25) is 0 Å². The van der Waals surface area contributed by atoms with E-state index in [2.05, 4.69) is 34.2 Å². The number of halogens is 1. The number of nitrogens with one attached hydrogen (secondary N) is 2. The summed E-state index contributed by atoms with van der Waals surface area (Å²) in [5, 5.41) is 6.50. The van der Waals surface area contributed by atoms with Crippen LogP contribution in [0.1, 0.15) is 38.5 Å². The monoisotopic (exact) mass is 394 g/mol. The molecular weight excluding hydrogens is 363 g/mol. The molecule has 0 aliphatic heterocycles. The molecule has 1 rings (SSSR count). The highest BCUT2D eigenvalue weighted by Gasteiger charge is 2.17. The van der Waals surface area contributed by atoms with Crippen molar-refractivity contribution in [2.75, 3.05) is 33.7 Å². The standard InChI is InChI=1S/C15H30N4.HI/c1-4-11-17-15(16-2)18-12-8-13-19(3)14-9-6-5-7-10-14;/h4,14H,1,5-13H2,2-3H3,(H2,16,17,18);1H. The molecular formula is C15H31IN4. The largest absolute Gasteiger partial charge is 0.356 e. The van der Waals surface area contributed by atoms with Crippen molar-refractivity contribution in [3.05, 3.63) is 12.7 Å². The van der Waals surface area contributed by atoms with Crippen molar-refractivity contribution >= 4 is 29.9 Å². The van der Waals surface area contributed by atoms with Gasteiger partial charge in [0, 0.05) is 26.2 Å². The van der Waals surface area contributed by atoms with Crippen LogP contribution in [0.25, 0.3) is 0 Å². The summed E-state index contributed by atoms with van der Waals surface area (Å²) < 4.78 is 0. The molecule has 0 spiro atoms. The molecule has 0 aromatic rings. The molecule has 0 bridgehead atoms. The van der Waals surface area contributed by atoms with Gasteiger partial charge in [-0.1, -0.05) is 25.3 Å². The van der Waals surface area contributed by atoms with E-state index in [4.69, 9.17) is 0 Å². The Bertz CT molecular complexity index is 275. The van der Waals surface area contributed by atoms with Gasteiger partial charge in [0.1, 0.15) is 0 Å². The Labute approximate surface area is 141 Å². The Balaban J connectivity index is 0.00000361. The maximum absolute atomic E-state index is 4.17. The number of guanidine groups is 1. The third-order valence-electron chi connectivity index (χ3n) is 3.82. The third-order valence-corrected chi connectivity index (χ3v) is 3.82. The minimum Gasteiger partial charge on any atom is -0.356 e. The Hall–Kier alpha value is -0.300. The maximum Gasteiger partial charge on any atom is 0.191 e. The smallest absolute Gasteiger partial charge is 0.191 e. The number of hydrogen-bond donors (Lipinski definition) is 2. The zero-order valence-electron chi connectivity index (χ0n) is 13.0. The Morgan fingerprint density at radius 2 is 2.00 bits per heavy atom. The van der Waals surface area contributed by atoms with Crippen molar-refractivity contribution in [2.24, 2.45) is 4.99 Å². The first-order valence-corrected chi connectivity index (χ1v) is 7.53. The molecule has 0 radical (unpaired) electrons. The van der Waals surface area contributed by atoms with Gasteiger partial charge in [-0.05, 0) is 32.9 Å². The van der Waals surface area contributed by atoms with Crippen molar-refractivity contribution < 1.29 is 0 Å². The quantitative estimate of drug-likeness (QED) is 0.229. The van der Waals surface area contributed by atoms with Gasteiger partial charge < -0.3 is 15.5 Å². The fraction of sp³-hybridized carbons (Fsp3) is 0.800. The Morgan fingerprint density at radius 1 is 1.30 bits per heavy atom. The molecule has 0 heterocycles. The fourth-order valence-electron chi connectivity index (χ4n) is 2.63. The summed E-state index contributed by atoms with van der Waals surface area (Å²) in [6.45, 7) is 6.57. The molecule has 0 unspecified atom stereocenters. The molecule has 0 amide bonds. The molecule has 2 N–H and O–H groups in total. The van der Waals surface area contributed by atoms with Crippen LogP contribution in [-0.2, 0) is 0 Å². The fourth-order valence-corrected chi connectivity index (χ4v) is 2.63. The number of aliphatic imine (C=N–C) groups is 1. The predicted octanol–water partition coefficient (Wildman–Crippen LogP) is 2.61. The Kier molecular flexibility index (Phi) is 12.3. The van der Waals surface area contributed by atoms with Crippen LogP contribution in [0.4, 0.5) is 0 Å². The third kappa shape index (κ3) is 8.09. The van der Waals surface area contributed by atoms with Gasteiger partial charge in [-0.15, -0.1) is 30.6 Å². The average molecular weight is 394 g/mol. The highest BCUT2D eigenvalue weighted by atomic mass is 127. The van der Waals surface area contributed by atoms with Crippen molar-refractivity contribution in [3.8, 4) is 0 Å². The lowest BCUT2D eigenvalue weighted by Gasteiger charge is -2.31. The van der Waals surface area contributed by atoms with E-state index in [0.29, 0.717) is 0 Å². The number of rotatable bonds is 7. The first-order chi connectivity index (χ1) is 9.27. The van der Waals surface area contributed by atoms with Crippen molar-refractivity contribution in [1.29, 1.82) is 0 Å². The zero-order chi connectivity index (χ0) is 13.9. The summed E-state index contributed by atoms with van der Waals surface area (Å²) in [6.07, 6.45) is 10.00. The molecule has 4 nitrogen and oxygen atoms in total. The molecule has 1 aliphatic carbocycles. The van der Waals surface area contributed by atoms with Gasteiger partial charge in [-0.3, -0.25) is 4.99 Å². The first-order valence-electron chi connectivity index (χ1n) is 7.53. The highest BCUT2D eigenvalue weighted by Crippen LogP contribution is 2.21. The van der Waals surface area contributed by atoms with Crippen LogP contribution < -0.4 is 10.6 Å². The SMILES string of the molecule is C=CCNC(=NC)NCCCN(C)C1CCCCC1.I. The summed E-state index contributed by atoms with van der Waals surface area (Å²) >= 11 is 0. The summed E-state index contributed by atoms with van der Waals surface area (Å²) in [7, 11) is 4.06. The topological polar surface area (TPSA) is 39.7 Å². The normalized spacial score (nSPS) is 16.6. The molecule has 5 heteroatoms. The predicted molar refractivity (Wildman–Crippen MR) is 99.1 cm³/mol. The molecule has 0 saturated heterocycles. The summed E-state index contributed by atoms with van der Waals surface area (Å²) in [5.74, 6) is 0.861. The van der Waals surface area contributed by atoms with E-state index in [0.717, 1.165) is 38.1 Å². The van der Waals surface area contributed by atoms with E-state index in [1.165, 1.54) is 32.1 Å². The van der Waals surface area contributed by atoms with Gasteiger partial charge in [0.2, 0.25) is 0 Å². The highest BCUT2D eigenvalue weighted by molar-refractivity contribution is 14.0. The van der Waals surface area contributed by atoms with E-state index in [1.54, 1.807) is 7.05 Å². The molecule has 20 heavy (non-hydrogen) atoms. The summed E-state index contributed by atoms with van der Waals surface area (Å²) in [4.78, 5) is 6.69. The van der Waals surface area contributed by atoms with E-state index in [9.17, 15) is 0 Å². The van der Waals surface area contributed by atoms with Crippen LogP contribution in [0.15, 0.2) is 17.6 Å². The van der Waals surface area contributed by atoms with Crippen molar-refractivity contribution in [3.63, 3.8) is 0 Å². The van der Waals surface area contributed by atoms with Crippen LogP contribution >= 0.6 is 24.0 Å². The molecule has 0 aromatic heterocycles. The lowest BCUT2D eigenvalue weighted by atomic mass is 9.94. The second-order valence-corrected chi connectivity index (χ2v) is 5.29. The number of nitrogens with zero attached hydrogens (tertiary/aromatic N) is 2. The van der Waals surface area contributed by atoms with Gasteiger partial charge in [-0.2, -0.15) is 0 Å². The lowest BCUT2D eigenvalue weighted by molar-refractivity contribution is 0.190. The second kappa shape index (κ2) is 12.4. The molecule has 118 valence electrons. The minimum atomic E-state index is 0. The second-order valence-electron chi connectivity index (χ2n) is 5.29. The molecule has 1 aliphatic rings. The zero-order valence-corrected chi connectivity index (χ0v) is 15.4. The molecule has 1 fully saturated rings. The van der Waals surface area contributed by atoms with Gasteiger partial charge >= 0.3 is 0 Å². The van der Waals surface area contributed by atoms with Gasteiger partial charge in [0.05, 0.1) is 0 Å².